The number of carbonyl (C=O) groups is 1. The van der Waals surface area contributed by atoms with Gasteiger partial charge in [-0.3, -0.25) is 4.79 Å². The minimum absolute atomic E-state index is 0.0129. The first-order chi connectivity index (χ1) is 7.45. The Balaban J connectivity index is 3.32. The van der Waals surface area contributed by atoms with Crippen LogP contribution in [-0.4, -0.2) is 16.1 Å². The monoisotopic (exact) mass is 231 g/mol. The van der Waals surface area contributed by atoms with Gasteiger partial charge in [0.25, 0.3) is 6.43 Å². The average molecular weight is 231 g/mol. The Hall–Kier alpha value is -1.76. The molecule has 0 atom stereocenters. The highest BCUT2D eigenvalue weighted by Crippen LogP contribution is 2.27. The minimum Gasteiger partial charge on any atom is -0.481 e. The Bertz CT molecular complexity index is 410. The number of hydrogen-bond donors (Lipinski definition) is 3. The van der Waals surface area contributed by atoms with E-state index in [0.29, 0.717) is 0 Å². The zero-order valence-electron chi connectivity index (χ0n) is 8.28. The molecule has 0 fully saturated rings. The van der Waals surface area contributed by atoms with E-state index in [9.17, 15) is 13.6 Å². The fourth-order valence-electron chi connectivity index (χ4n) is 1.40. The summed E-state index contributed by atoms with van der Waals surface area (Å²) in [6.45, 7) is -0.140. The van der Waals surface area contributed by atoms with Crippen molar-refractivity contribution in [2.24, 2.45) is 5.73 Å². The molecule has 1 rings (SSSR count). The molecule has 0 radical (unpaired) electrons. The third kappa shape index (κ3) is 2.63. The molecule has 1 aromatic rings. The van der Waals surface area contributed by atoms with Crippen LogP contribution in [0, 0.1) is 0 Å². The molecule has 1 aromatic heterocycles. The lowest BCUT2D eigenvalue weighted by Crippen LogP contribution is -2.13. The Morgan fingerprint density at radius 2 is 2.19 bits per heavy atom. The van der Waals surface area contributed by atoms with Gasteiger partial charge in [0.15, 0.2) is 0 Å². The van der Waals surface area contributed by atoms with Gasteiger partial charge in [-0.2, -0.15) is 0 Å². The molecule has 0 amide bonds. The summed E-state index contributed by atoms with van der Waals surface area (Å²) in [5, 5.41) is 8.57. The van der Waals surface area contributed by atoms with E-state index in [4.69, 9.17) is 16.6 Å². The number of halogens is 2. The number of hydrogen-bond acceptors (Lipinski definition) is 4. The number of nitrogens with two attached hydrogens (primary N) is 2. The van der Waals surface area contributed by atoms with Gasteiger partial charge < -0.3 is 16.6 Å². The number of nitrogen functional groups attached to an aromatic ring is 1. The van der Waals surface area contributed by atoms with Crippen molar-refractivity contribution in [3.63, 3.8) is 0 Å². The van der Waals surface area contributed by atoms with Crippen molar-refractivity contribution in [2.75, 3.05) is 5.73 Å². The molecule has 0 saturated carbocycles. The van der Waals surface area contributed by atoms with Crippen molar-refractivity contribution < 1.29 is 18.7 Å². The number of anilines is 1. The van der Waals surface area contributed by atoms with E-state index in [1.54, 1.807) is 0 Å². The van der Waals surface area contributed by atoms with Crippen LogP contribution < -0.4 is 11.5 Å². The predicted octanol–water partition coefficient (Wildman–Crippen LogP) is 0.687. The van der Waals surface area contributed by atoms with E-state index in [1.165, 1.54) is 6.07 Å². The lowest BCUT2D eigenvalue weighted by atomic mass is 10.0. The van der Waals surface area contributed by atoms with E-state index >= 15 is 0 Å². The van der Waals surface area contributed by atoms with Crippen molar-refractivity contribution in [1.29, 1.82) is 0 Å². The molecule has 0 aliphatic rings. The molecule has 88 valence electrons. The second-order valence-corrected chi connectivity index (χ2v) is 3.14. The van der Waals surface area contributed by atoms with Crippen LogP contribution in [0.25, 0.3) is 0 Å². The second kappa shape index (κ2) is 4.84. The van der Waals surface area contributed by atoms with Crippen molar-refractivity contribution >= 4 is 11.8 Å². The molecule has 0 aliphatic heterocycles. The normalized spacial score (nSPS) is 10.8. The summed E-state index contributed by atoms with van der Waals surface area (Å²) in [6.07, 6.45) is -3.42. The standard InChI is InChI=1S/C9H11F2N3O2/c10-9(11)8-4(3-12)1-6(13)14-5(8)2-7(15)16/h1,9H,2-3,12H2,(H2,13,14)(H,15,16). The summed E-state index contributed by atoms with van der Waals surface area (Å²) in [5.41, 5.74) is 10.1. The van der Waals surface area contributed by atoms with Gasteiger partial charge in [-0.1, -0.05) is 0 Å². The topological polar surface area (TPSA) is 102 Å². The van der Waals surface area contributed by atoms with Crippen molar-refractivity contribution in [3.05, 3.63) is 22.9 Å². The quantitative estimate of drug-likeness (QED) is 0.707. The van der Waals surface area contributed by atoms with Gasteiger partial charge in [0.2, 0.25) is 0 Å². The smallest absolute Gasteiger partial charge is 0.309 e. The highest BCUT2D eigenvalue weighted by atomic mass is 19.3. The highest BCUT2D eigenvalue weighted by molar-refractivity contribution is 5.70. The van der Waals surface area contributed by atoms with Crippen molar-refractivity contribution in [2.45, 2.75) is 19.4 Å². The number of pyridine rings is 1. The first-order valence-corrected chi connectivity index (χ1v) is 4.43. The van der Waals surface area contributed by atoms with Gasteiger partial charge in [-0.25, -0.2) is 13.8 Å². The van der Waals surface area contributed by atoms with Crippen LogP contribution in [0.1, 0.15) is 23.2 Å². The summed E-state index contributed by atoms with van der Waals surface area (Å²) in [6, 6.07) is 1.23. The maximum Gasteiger partial charge on any atom is 0.309 e. The van der Waals surface area contributed by atoms with Crippen LogP contribution in [0.3, 0.4) is 0 Å². The van der Waals surface area contributed by atoms with E-state index in [0.717, 1.165) is 0 Å². The van der Waals surface area contributed by atoms with Crippen molar-refractivity contribution in [3.8, 4) is 0 Å². The fraction of sp³-hybridized carbons (Fsp3) is 0.333. The molecule has 0 aliphatic carbocycles. The Kier molecular flexibility index (Phi) is 3.73. The molecule has 5 nitrogen and oxygen atoms in total. The molecule has 0 spiro atoms. The van der Waals surface area contributed by atoms with E-state index in [2.05, 4.69) is 4.98 Å². The number of aromatic nitrogens is 1. The highest BCUT2D eigenvalue weighted by Gasteiger charge is 2.21. The predicted molar refractivity (Wildman–Crippen MR) is 52.8 cm³/mol. The van der Waals surface area contributed by atoms with Gasteiger partial charge in [0.1, 0.15) is 5.82 Å². The average Bonchev–Trinajstić information content (AvgIpc) is 2.14. The molecule has 16 heavy (non-hydrogen) atoms. The summed E-state index contributed by atoms with van der Waals surface area (Å²) < 4.78 is 25.5. The molecule has 1 heterocycles. The van der Waals surface area contributed by atoms with Crippen LogP contribution in [-0.2, 0) is 17.8 Å². The molecule has 7 heteroatoms. The van der Waals surface area contributed by atoms with Gasteiger partial charge in [-0.15, -0.1) is 0 Å². The van der Waals surface area contributed by atoms with Gasteiger partial charge >= 0.3 is 5.97 Å². The number of rotatable bonds is 4. The summed E-state index contributed by atoms with van der Waals surface area (Å²) in [4.78, 5) is 14.1. The second-order valence-electron chi connectivity index (χ2n) is 3.14. The number of nitrogens with zero attached hydrogens (tertiary/aromatic N) is 1. The molecular formula is C9H11F2N3O2. The molecule has 5 N–H and O–H groups in total. The molecular weight excluding hydrogens is 220 g/mol. The number of carboxylic acid groups (broad SMARTS) is 1. The summed E-state index contributed by atoms with van der Waals surface area (Å²) >= 11 is 0. The SMILES string of the molecule is NCc1cc(N)nc(CC(=O)O)c1C(F)F. The Morgan fingerprint density at radius 3 is 2.62 bits per heavy atom. The number of carboxylic acids is 1. The van der Waals surface area contributed by atoms with Crippen LogP contribution in [0.15, 0.2) is 6.07 Å². The van der Waals surface area contributed by atoms with E-state index in [-0.39, 0.29) is 23.6 Å². The van der Waals surface area contributed by atoms with Crippen molar-refractivity contribution in [1.82, 2.24) is 4.98 Å². The Labute approximate surface area is 90.1 Å². The van der Waals surface area contributed by atoms with E-state index in [1.807, 2.05) is 0 Å². The summed E-state index contributed by atoms with van der Waals surface area (Å²) in [5.74, 6) is -1.26. The number of aliphatic carboxylic acids is 1. The molecule has 0 aromatic carbocycles. The Morgan fingerprint density at radius 1 is 1.56 bits per heavy atom. The number of alkyl halides is 2. The maximum atomic E-state index is 12.7. The van der Waals surface area contributed by atoms with Crippen LogP contribution in [0.5, 0.6) is 0 Å². The van der Waals surface area contributed by atoms with E-state index < -0.39 is 24.4 Å². The molecule has 0 bridgehead atoms. The third-order valence-corrected chi connectivity index (χ3v) is 2.00. The maximum absolute atomic E-state index is 12.7. The van der Waals surface area contributed by atoms with Crippen LogP contribution >= 0.6 is 0 Å². The third-order valence-electron chi connectivity index (χ3n) is 2.00. The fourth-order valence-corrected chi connectivity index (χ4v) is 1.40. The van der Waals surface area contributed by atoms with Crippen LogP contribution in [0.4, 0.5) is 14.6 Å². The van der Waals surface area contributed by atoms with Gasteiger partial charge in [-0.05, 0) is 11.6 Å². The summed E-state index contributed by atoms with van der Waals surface area (Å²) in [7, 11) is 0. The minimum atomic E-state index is -2.82. The van der Waals surface area contributed by atoms with Gasteiger partial charge in [0, 0.05) is 12.1 Å². The molecule has 0 saturated heterocycles. The first kappa shape index (κ1) is 12.3. The van der Waals surface area contributed by atoms with Crippen LogP contribution in [0.2, 0.25) is 0 Å². The lowest BCUT2D eigenvalue weighted by Gasteiger charge is -2.12. The lowest BCUT2D eigenvalue weighted by molar-refractivity contribution is -0.136. The van der Waals surface area contributed by atoms with Gasteiger partial charge in [0.05, 0.1) is 12.1 Å². The zero-order chi connectivity index (χ0) is 12.3. The zero-order valence-corrected chi connectivity index (χ0v) is 8.28. The first-order valence-electron chi connectivity index (χ1n) is 4.43. The molecule has 0 unspecified atom stereocenters. The largest absolute Gasteiger partial charge is 0.481 e.